The number of hydrazone groups is 1. The third-order valence-corrected chi connectivity index (χ3v) is 3.28. The zero-order valence-electron chi connectivity index (χ0n) is 12.8. The number of allylic oxidation sites excluding steroid dienone is 1. The highest BCUT2D eigenvalue weighted by atomic mass is 16.2. The SMILES string of the molecule is C=CCCCCCCCCC=NNC(=O)c1ccccc1. The lowest BCUT2D eigenvalue weighted by molar-refractivity contribution is 0.0955. The molecule has 3 nitrogen and oxygen atoms in total. The average Bonchev–Trinajstić information content (AvgIpc) is 2.53. The quantitative estimate of drug-likeness (QED) is 0.272. The molecule has 0 bridgehead atoms. The summed E-state index contributed by atoms with van der Waals surface area (Å²) in [6, 6.07) is 9.12. The van der Waals surface area contributed by atoms with Crippen LogP contribution in [0.15, 0.2) is 48.1 Å². The maximum Gasteiger partial charge on any atom is 0.271 e. The third-order valence-electron chi connectivity index (χ3n) is 3.28. The molecule has 0 spiro atoms. The van der Waals surface area contributed by atoms with Gasteiger partial charge in [-0.3, -0.25) is 4.79 Å². The number of carbonyl (C=O) groups is 1. The van der Waals surface area contributed by atoms with Crippen molar-refractivity contribution in [3.8, 4) is 0 Å². The fourth-order valence-corrected chi connectivity index (χ4v) is 2.05. The fraction of sp³-hybridized carbons (Fsp3) is 0.444. The summed E-state index contributed by atoms with van der Waals surface area (Å²) >= 11 is 0. The Labute approximate surface area is 128 Å². The topological polar surface area (TPSA) is 41.5 Å². The molecular formula is C18H26N2O. The number of nitrogens with zero attached hydrogens (tertiary/aromatic N) is 1. The molecule has 0 fully saturated rings. The first kappa shape index (κ1) is 17.2. The molecule has 1 rings (SSSR count). The van der Waals surface area contributed by atoms with E-state index in [4.69, 9.17) is 0 Å². The Balaban J connectivity index is 1.98. The fourth-order valence-electron chi connectivity index (χ4n) is 2.05. The molecule has 3 heteroatoms. The molecule has 0 heterocycles. The van der Waals surface area contributed by atoms with Crippen LogP contribution >= 0.6 is 0 Å². The van der Waals surface area contributed by atoms with Crippen LogP contribution in [0, 0.1) is 0 Å². The lowest BCUT2D eigenvalue weighted by Crippen LogP contribution is -2.17. The summed E-state index contributed by atoms with van der Waals surface area (Å²) in [5.41, 5.74) is 3.18. The second kappa shape index (κ2) is 11.9. The molecule has 0 aliphatic heterocycles. The summed E-state index contributed by atoms with van der Waals surface area (Å²) in [7, 11) is 0. The van der Waals surface area contributed by atoms with E-state index in [1.54, 1.807) is 18.3 Å². The maximum absolute atomic E-state index is 11.7. The van der Waals surface area contributed by atoms with Gasteiger partial charge >= 0.3 is 0 Å². The molecule has 1 aromatic rings. The van der Waals surface area contributed by atoms with Crippen LogP contribution in [0.4, 0.5) is 0 Å². The van der Waals surface area contributed by atoms with Crippen molar-refractivity contribution in [3.63, 3.8) is 0 Å². The molecule has 1 aromatic carbocycles. The lowest BCUT2D eigenvalue weighted by atomic mass is 10.1. The largest absolute Gasteiger partial charge is 0.271 e. The number of benzene rings is 1. The molecule has 1 amide bonds. The third kappa shape index (κ3) is 8.79. The van der Waals surface area contributed by atoms with Crippen LogP contribution in [0.2, 0.25) is 0 Å². The maximum atomic E-state index is 11.7. The predicted octanol–water partition coefficient (Wildman–Crippen LogP) is 4.71. The summed E-state index contributed by atoms with van der Waals surface area (Å²) < 4.78 is 0. The summed E-state index contributed by atoms with van der Waals surface area (Å²) in [6.45, 7) is 3.72. The molecule has 0 aliphatic carbocycles. The molecule has 0 atom stereocenters. The Kier molecular flexibility index (Phi) is 9.71. The number of nitrogens with one attached hydrogen (secondary N) is 1. The average molecular weight is 286 g/mol. The normalized spacial score (nSPS) is 10.7. The van der Waals surface area contributed by atoms with Crippen LogP contribution < -0.4 is 5.43 Å². The smallest absolute Gasteiger partial charge is 0.267 e. The minimum Gasteiger partial charge on any atom is -0.267 e. The molecule has 21 heavy (non-hydrogen) atoms. The number of hydrogen-bond acceptors (Lipinski definition) is 2. The van der Waals surface area contributed by atoms with Crippen molar-refractivity contribution in [1.82, 2.24) is 5.43 Å². The molecule has 0 radical (unpaired) electrons. The van der Waals surface area contributed by atoms with Gasteiger partial charge in [-0.2, -0.15) is 5.10 Å². The Bertz CT molecular complexity index is 426. The Morgan fingerprint density at radius 2 is 1.62 bits per heavy atom. The van der Waals surface area contributed by atoms with E-state index in [1.807, 2.05) is 24.3 Å². The van der Waals surface area contributed by atoms with Crippen molar-refractivity contribution >= 4 is 12.1 Å². The Hall–Kier alpha value is -1.90. The van der Waals surface area contributed by atoms with Crippen molar-refractivity contribution in [2.45, 2.75) is 51.4 Å². The number of unbranched alkanes of at least 4 members (excludes halogenated alkanes) is 7. The van der Waals surface area contributed by atoms with Crippen LogP contribution in [0.1, 0.15) is 61.7 Å². The van der Waals surface area contributed by atoms with Gasteiger partial charge in [0.1, 0.15) is 0 Å². The van der Waals surface area contributed by atoms with Gasteiger partial charge in [-0.15, -0.1) is 6.58 Å². The molecule has 114 valence electrons. The van der Waals surface area contributed by atoms with Gasteiger partial charge in [-0.05, 0) is 37.8 Å². The van der Waals surface area contributed by atoms with E-state index >= 15 is 0 Å². The van der Waals surface area contributed by atoms with Gasteiger partial charge in [0.2, 0.25) is 0 Å². The van der Waals surface area contributed by atoms with Gasteiger partial charge < -0.3 is 0 Å². The van der Waals surface area contributed by atoms with E-state index in [2.05, 4.69) is 17.1 Å². The van der Waals surface area contributed by atoms with Crippen LogP contribution in [0.25, 0.3) is 0 Å². The van der Waals surface area contributed by atoms with E-state index < -0.39 is 0 Å². The second-order valence-electron chi connectivity index (χ2n) is 5.11. The second-order valence-corrected chi connectivity index (χ2v) is 5.11. The van der Waals surface area contributed by atoms with Gasteiger partial charge in [0.05, 0.1) is 0 Å². The monoisotopic (exact) mass is 286 g/mol. The molecule has 0 aromatic heterocycles. The Morgan fingerprint density at radius 3 is 2.29 bits per heavy atom. The highest BCUT2D eigenvalue weighted by Crippen LogP contribution is 2.08. The van der Waals surface area contributed by atoms with Crippen molar-refractivity contribution in [3.05, 3.63) is 48.6 Å². The minimum atomic E-state index is -0.158. The standard InChI is InChI=1S/C18H26N2O/c1-2-3-4-5-6-7-8-9-13-16-19-20-18(21)17-14-11-10-12-15-17/h2,10-12,14-16H,1,3-9,13H2,(H,20,21). The number of amides is 1. The summed E-state index contributed by atoms with van der Waals surface area (Å²) in [5, 5.41) is 3.97. The van der Waals surface area contributed by atoms with Crippen LogP contribution in [-0.4, -0.2) is 12.1 Å². The van der Waals surface area contributed by atoms with E-state index in [0.717, 1.165) is 19.3 Å². The van der Waals surface area contributed by atoms with Crippen LogP contribution in [-0.2, 0) is 0 Å². The van der Waals surface area contributed by atoms with Crippen molar-refractivity contribution in [2.75, 3.05) is 0 Å². The molecule has 0 saturated carbocycles. The summed E-state index contributed by atoms with van der Waals surface area (Å²) in [5.74, 6) is -0.158. The van der Waals surface area contributed by atoms with E-state index in [-0.39, 0.29) is 5.91 Å². The molecule has 1 N–H and O–H groups in total. The lowest BCUT2D eigenvalue weighted by Gasteiger charge is -2.00. The summed E-state index contributed by atoms with van der Waals surface area (Å²) in [6.07, 6.45) is 13.3. The highest BCUT2D eigenvalue weighted by Gasteiger charge is 2.00. The van der Waals surface area contributed by atoms with Gasteiger partial charge in [0.15, 0.2) is 0 Å². The number of rotatable bonds is 11. The first-order valence-electron chi connectivity index (χ1n) is 7.82. The molecule has 0 aliphatic rings. The molecular weight excluding hydrogens is 260 g/mol. The van der Waals surface area contributed by atoms with Crippen molar-refractivity contribution in [1.29, 1.82) is 0 Å². The zero-order valence-corrected chi connectivity index (χ0v) is 12.8. The highest BCUT2D eigenvalue weighted by molar-refractivity contribution is 5.94. The van der Waals surface area contributed by atoms with Gasteiger partial charge in [-0.1, -0.05) is 50.0 Å². The van der Waals surface area contributed by atoms with Gasteiger partial charge in [0, 0.05) is 11.8 Å². The predicted molar refractivity (Wildman–Crippen MR) is 89.5 cm³/mol. The van der Waals surface area contributed by atoms with Crippen LogP contribution in [0.5, 0.6) is 0 Å². The van der Waals surface area contributed by atoms with Gasteiger partial charge in [0.25, 0.3) is 5.91 Å². The molecule has 0 saturated heterocycles. The number of hydrogen-bond donors (Lipinski definition) is 1. The van der Waals surface area contributed by atoms with Crippen molar-refractivity contribution in [2.24, 2.45) is 5.10 Å². The summed E-state index contributed by atoms with van der Waals surface area (Å²) in [4.78, 5) is 11.7. The minimum absolute atomic E-state index is 0.158. The van der Waals surface area contributed by atoms with E-state index in [1.165, 1.54) is 32.1 Å². The first-order chi connectivity index (χ1) is 10.3. The van der Waals surface area contributed by atoms with E-state index in [0.29, 0.717) is 5.56 Å². The first-order valence-corrected chi connectivity index (χ1v) is 7.82. The zero-order chi connectivity index (χ0) is 15.2. The van der Waals surface area contributed by atoms with Crippen LogP contribution in [0.3, 0.4) is 0 Å². The van der Waals surface area contributed by atoms with Crippen molar-refractivity contribution < 1.29 is 4.79 Å². The van der Waals surface area contributed by atoms with E-state index in [9.17, 15) is 4.79 Å². The molecule has 0 unspecified atom stereocenters. The Morgan fingerprint density at radius 1 is 1.00 bits per heavy atom. The number of carbonyl (C=O) groups excluding carboxylic acids is 1. The van der Waals surface area contributed by atoms with Gasteiger partial charge in [-0.25, -0.2) is 5.43 Å².